The summed E-state index contributed by atoms with van der Waals surface area (Å²) < 4.78 is 5.50. The molecule has 0 saturated heterocycles. The second-order valence-corrected chi connectivity index (χ2v) is 6.09. The van der Waals surface area contributed by atoms with Crippen molar-refractivity contribution in [2.45, 2.75) is 52.1 Å². The first-order valence-corrected chi connectivity index (χ1v) is 8.43. The number of hydrogen-bond acceptors (Lipinski definition) is 2. The third-order valence-corrected chi connectivity index (χ3v) is 4.36. The minimum absolute atomic E-state index is 0.146. The van der Waals surface area contributed by atoms with Crippen LogP contribution in [0.2, 0.25) is 0 Å². The standard InChI is InChI=1S/C21H26O2/c1-4-16(2)19-13-10-18(11-14-19)12-15-21(22)23-17(3)20-8-6-5-7-9-20/h5-11,13-14,16-17H,4,12,15H2,1-3H3. The highest BCUT2D eigenvalue weighted by molar-refractivity contribution is 5.70. The van der Waals surface area contributed by atoms with Gasteiger partial charge in [0.15, 0.2) is 0 Å². The zero-order chi connectivity index (χ0) is 16.7. The van der Waals surface area contributed by atoms with Gasteiger partial charge in [0.2, 0.25) is 0 Å². The zero-order valence-corrected chi connectivity index (χ0v) is 14.3. The monoisotopic (exact) mass is 310 g/mol. The minimum Gasteiger partial charge on any atom is -0.458 e. The van der Waals surface area contributed by atoms with Crippen LogP contribution in [0.4, 0.5) is 0 Å². The largest absolute Gasteiger partial charge is 0.458 e. The lowest BCUT2D eigenvalue weighted by molar-refractivity contribution is -0.148. The fraction of sp³-hybridized carbons (Fsp3) is 0.381. The van der Waals surface area contributed by atoms with Crippen LogP contribution in [-0.2, 0) is 16.0 Å². The summed E-state index contributed by atoms with van der Waals surface area (Å²) in [7, 11) is 0. The predicted molar refractivity (Wildman–Crippen MR) is 94.4 cm³/mol. The first-order chi connectivity index (χ1) is 11.1. The Kier molecular flexibility index (Phi) is 6.40. The molecule has 2 nitrogen and oxygen atoms in total. The smallest absolute Gasteiger partial charge is 0.306 e. The molecule has 0 amide bonds. The number of aryl methyl sites for hydroxylation is 1. The Bertz CT molecular complexity index is 601. The van der Waals surface area contributed by atoms with E-state index in [1.54, 1.807) is 0 Å². The minimum atomic E-state index is -0.198. The van der Waals surface area contributed by atoms with E-state index in [9.17, 15) is 4.79 Å². The fourth-order valence-electron chi connectivity index (χ4n) is 2.54. The number of ether oxygens (including phenoxy) is 1. The highest BCUT2D eigenvalue weighted by atomic mass is 16.5. The molecule has 0 saturated carbocycles. The van der Waals surface area contributed by atoms with E-state index in [0.717, 1.165) is 18.4 Å². The van der Waals surface area contributed by atoms with Crippen molar-refractivity contribution in [3.63, 3.8) is 0 Å². The van der Waals surface area contributed by atoms with Crippen molar-refractivity contribution >= 4 is 5.97 Å². The molecule has 0 aliphatic rings. The average Bonchev–Trinajstić information content (AvgIpc) is 2.60. The molecule has 122 valence electrons. The van der Waals surface area contributed by atoms with Gasteiger partial charge in [0, 0.05) is 6.42 Å². The van der Waals surface area contributed by atoms with E-state index >= 15 is 0 Å². The topological polar surface area (TPSA) is 26.3 Å². The molecule has 0 aliphatic heterocycles. The molecule has 0 radical (unpaired) electrons. The molecular weight excluding hydrogens is 284 g/mol. The number of rotatable bonds is 7. The molecule has 0 aliphatic carbocycles. The van der Waals surface area contributed by atoms with Crippen LogP contribution in [0.5, 0.6) is 0 Å². The summed E-state index contributed by atoms with van der Waals surface area (Å²) in [6.07, 6.45) is 2.08. The van der Waals surface area contributed by atoms with Gasteiger partial charge in [-0.2, -0.15) is 0 Å². The van der Waals surface area contributed by atoms with Gasteiger partial charge in [0.1, 0.15) is 6.10 Å². The molecule has 2 unspecified atom stereocenters. The number of esters is 1. The van der Waals surface area contributed by atoms with Crippen molar-refractivity contribution in [2.75, 3.05) is 0 Å². The molecule has 0 bridgehead atoms. The molecule has 2 aromatic carbocycles. The summed E-state index contributed by atoms with van der Waals surface area (Å²) in [5.41, 5.74) is 3.57. The number of carbonyl (C=O) groups excluding carboxylic acids is 1. The van der Waals surface area contributed by atoms with Gasteiger partial charge in [0.05, 0.1) is 0 Å². The van der Waals surface area contributed by atoms with Gasteiger partial charge in [0.25, 0.3) is 0 Å². The Hall–Kier alpha value is -2.09. The maximum Gasteiger partial charge on any atom is 0.306 e. The fourth-order valence-corrected chi connectivity index (χ4v) is 2.54. The lowest BCUT2D eigenvalue weighted by Gasteiger charge is -2.14. The van der Waals surface area contributed by atoms with Gasteiger partial charge in [-0.15, -0.1) is 0 Å². The molecule has 0 fully saturated rings. The van der Waals surface area contributed by atoms with Crippen LogP contribution in [0.25, 0.3) is 0 Å². The third kappa shape index (κ3) is 5.24. The summed E-state index contributed by atoms with van der Waals surface area (Å²) in [4.78, 5) is 12.0. The van der Waals surface area contributed by atoms with Crippen LogP contribution in [-0.4, -0.2) is 5.97 Å². The molecule has 2 atom stereocenters. The van der Waals surface area contributed by atoms with Gasteiger partial charge in [-0.3, -0.25) is 4.79 Å². The number of hydrogen-bond donors (Lipinski definition) is 0. The Morgan fingerprint density at radius 3 is 2.22 bits per heavy atom. The van der Waals surface area contributed by atoms with Crippen LogP contribution in [0.3, 0.4) is 0 Å². The van der Waals surface area contributed by atoms with Crippen LogP contribution in [0.15, 0.2) is 54.6 Å². The van der Waals surface area contributed by atoms with Crippen molar-refractivity contribution in [1.82, 2.24) is 0 Å². The van der Waals surface area contributed by atoms with E-state index in [1.165, 1.54) is 11.1 Å². The molecule has 2 heteroatoms. The number of carbonyl (C=O) groups is 1. The lowest BCUT2D eigenvalue weighted by atomic mass is 9.97. The first-order valence-electron chi connectivity index (χ1n) is 8.43. The summed E-state index contributed by atoms with van der Waals surface area (Å²) in [6.45, 7) is 6.34. The molecule has 0 spiro atoms. The summed E-state index contributed by atoms with van der Waals surface area (Å²) >= 11 is 0. The SMILES string of the molecule is CCC(C)c1ccc(CCC(=O)OC(C)c2ccccc2)cc1. The van der Waals surface area contributed by atoms with Gasteiger partial charge < -0.3 is 4.74 Å². The number of benzene rings is 2. The van der Waals surface area contributed by atoms with Crippen LogP contribution in [0, 0.1) is 0 Å². The van der Waals surface area contributed by atoms with Gasteiger partial charge in [-0.1, -0.05) is 68.4 Å². The molecule has 2 aromatic rings. The quantitative estimate of drug-likeness (QED) is 0.637. The second kappa shape index (κ2) is 8.52. The van der Waals surface area contributed by atoms with E-state index in [2.05, 4.69) is 38.1 Å². The highest BCUT2D eigenvalue weighted by Crippen LogP contribution is 2.20. The normalized spacial score (nSPS) is 13.3. The molecule has 2 rings (SSSR count). The van der Waals surface area contributed by atoms with Gasteiger partial charge in [-0.05, 0) is 42.4 Å². The summed E-state index contributed by atoms with van der Waals surface area (Å²) in [5, 5.41) is 0. The summed E-state index contributed by atoms with van der Waals surface area (Å²) in [6, 6.07) is 18.4. The van der Waals surface area contributed by atoms with E-state index in [4.69, 9.17) is 4.74 Å². The Labute approximate surface area is 139 Å². The van der Waals surface area contributed by atoms with E-state index < -0.39 is 0 Å². The maximum atomic E-state index is 12.0. The van der Waals surface area contributed by atoms with Crippen molar-refractivity contribution in [2.24, 2.45) is 0 Å². The van der Waals surface area contributed by atoms with Crippen molar-refractivity contribution in [3.8, 4) is 0 Å². The second-order valence-electron chi connectivity index (χ2n) is 6.09. The van der Waals surface area contributed by atoms with Crippen molar-refractivity contribution in [1.29, 1.82) is 0 Å². The average molecular weight is 310 g/mol. The van der Waals surface area contributed by atoms with Crippen molar-refractivity contribution < 1.29 is 9.53 Å². The Balaban J connectivity index is 1.82. The molecular formula is C21H26O2. The van der Waals surface area contributed by atoms with E-state index in [-0.39, 0.29) is 12.1 Å². The van der Waals surface area contributed by atoms with Gasteiger partial charge in [-0.25, -0.2) is 0 Å². The molecule has 0 aromatic heterocycles. The van der Waals surface area contributed by atoms with E-state index in [1.807, 2.05) is 37.3 Å². The molecule has 23 heavy (non-hydrogen) atoms. The van der Waals surface area contributed by atoms with E-state index in [0.29, 0.717) is 12.3 Å². The predicted octanol–water partition coefficient (Wildman–Crippen LogP) is 5.44. The zero-order valence-electron chi connectivity index (χ0n) is 14.3. The lowest BCUT2D eigenvalue weighted by Crippen LogP contribution is -2.09. The Morgan fingerprint density at radius 2 is 1.61 bits per heavy atom. The summed E-state index contributed by atoms with van der Waals surface area (Å²) in [5.74, 6) is 0.438. The van der Waals surface area contributed by atoms with Crippen molar-refractivity contribution in [3.05, 3.63) is 71.3 Å². The highest BCUT2D eigenvalue weighted by Gasteiger charge is 2.11. The van der Waals surface area contributed by atoms with Crippen LogP contribution < -0.4 is 0 Å². The first kappa shape index (κ1) is 17.3. The van der Waals surface area contributed by atoms with Gasteiger partial charge >= 0.3 is 5.97 Å². The van der Waals surface area contributed by atoms with Crippen LogP contribution in [0.1, 0.15) is 62.3 Å². The maximum absolute atomic E-state index is 12.0. The third-order valence-electron chi connectivity index (χ3n) is 4.36. The van der Waals surface area contributed by atoms with Crippen LogP contribution >= 0.6 is 0 Å². The Morgan fingerprint density at radius 1 is 0.957 bits per heavy atom. The molecule has 0 N–H and O–H groups in total. The molecule has 0 heterocycles.